The van der Waals surface area contributed by atoms with Crippen LogP contribution in [0.2, 0.25) is 0 Å². The molecule has 0 bridgehead atoms. The van der Waals surface area contributed by atoms with Crippen LogP contribution in [-0.4, -0.2) is 72.4 Å². The van der Waals surface area contributed by atoms with E-state index < -0.39 is 33.1 Å². The van der Waals surface area contributed by atoms with Gasteiger partial charge in [0.15, 0.2) is 11.6 Å². The first kappa shape index (κ1) is 25.7. The highest BCUT2D eigenvalue weighted by molar-refractivity contribution is 7.93. The van der Waals surface area contributed by atoms with Gasteiger partial charge in [0.2, 0.25) is 16.0 Å². The third-order valence-electron chi connectivity index (χ3n) is 5.89. The molecule has 1 saturated heterocycles. The fraction of sp³-hybridized carbons (Fsp3) is 0.455. The smallest absolute Gasteiger partial charge is 0.243 e. The Morgan fingerprint density at radius 3 is 2.36 bits per heavy atom. The molecule has 0 radical (unpaired) electrons. The van der Waals surface area contributed by atoms with Crippen molar-refractivity contribution in [3.05, 3.63) is 48.1 Å². The summed E-state index contributed by atoms with van der Waals surface area (Å²) in [7, 11) is -1.09. The van der Waals surface area contributed by atoms with Gasteiger partial charge >= 0.3 is 0 Å². The van der Waals surface area contributed by atoms with E-state index in [0.717, 1.165) is 12.4 Å². The van der Waals surface area contributed by atoms with Gasteiger partial charge in [-0.15, -0.1) is 10.2 Å². The maximum atomic E-state index is 13.4. The van der Waals surface area contributed by atoms with E-state index in [0.29, 0.717) is 36.2 Å². The van der Waals surface area contributed by atoms with Crippen molar-refractivity contribution in [1.29, 1.82) is 0 Å². The van der Waals surface area contributed by atoms with Crippen LogP contribution in [0.1, 0.15) is 37.5 Å². The topological polar surface area (TPSA) is 140 Å². The van der Waals surface area contributed by atoms with Gasteiger partial charge in [-0.3, -0.25) is 9.29 Å². The molecule has 1 aromatic carbocycles. The van der Waals surface area contributed by atoms with Gasteiger partial charge in [-0.25, -0.2) is 22.8 Å². The molecule has 0 saturated carbocycles. The van der Waals surface area contributed by atoms with Gasteiger partial charge in [-0.05, 0) is 19.1 Å². The first-order valence-corrected chi connectivity index (χ1v) is 12.7. The Morgan fingerprint density at radius 1 is 1.11 bits per heavy atom. The predicted octanol–water partition coefficient (Wildman–Crippen LogP) is 2.24. The van der Waals surface area contributed by atoms with Crippen molar-refractivity contribution >= 4 is 16.0 Å². The maximum Gasteiger partial charge on any atom is 0.243 e. The molecule has 1 aliphatic heterocycles. The molecule has 1 fully saturated rings. The molecular formula is C22H27FN6O6S. The number of nitrogens with zero attached hydrogens (tertiary/aromatic N) is 5. The molecule has 2 aromatic heterocycles. The zero-order chi connectivity index (χ0) is 25.9. The lowest BCUT2D eigenvalue weighted by molar-refractivity contribution is -0.0941. The van der Waals surface area contributed by atoms with Crippen LogP contribution in [0.25, 0.3) is 5.69 Å². The first-order chi connectivity index (χ1) is 17.3. The summed E-state index contributed by atoms with van der Waals surface area (Å²) in [5, 5.41) is 7.34. The van der Waals surface area contributed by atoms with Crippen LogP contribution in [0.3, 0.4) is 0 Å². The lowest BCUT2D eigenvalue weighted by Crippen LogP contribution is -2.32. The number of methoxy groups -OCH3 is 2. The molecule has 4 rings (SSSR count). The molecule has 0 aliphatic carbocycles. The summed E-state index contributed by atoms with van der Waals surface area (Å²) >= 11 is 0. The average Bonchev–Trinajstić information content (AvgIpc) is 3.30. The number of hydrogen-bond donors (Lipinski definition) is 1. The van der Waals surface area contributed by atoms with Gasteiger partial charge in [0.1, 0.15) is 29.1 Å². The van der Waals surface area contributed by atoms with E-state index in [1.54, 1.807) is 25.1 Å². The number of anilines is 1. The average molecular weight is 523 g/mol. The number of rotatable bonds is 9. The molecule has 2 unspecified atom stereocenters. The first-order valence-electron chi connectivity index (χ1n) is 11.1. The van der Waals surface area contributed by atoms with Gasteiger partial charge in [0, 0.05) is 5.92 Å². The van der Waals surface area contributed by atoms with Crippen LogP contribution < -0.4 is 14.2 Å². The Kier molecular flexibility index (Phi) is 7.66. The number of hydrogen-bond acceptors (Lipinski definition) is 10. The van der Waals surface area contributed by atoms with Crippen molar-refractivity contribution in [1.82, 2.24) is 24.7 Å². The molecule has 194 valence electrons. The highest BCUT2D eigenvalue weighted by Gasteiger charge is 2.34. The monoisotopic (exact) mass is 522 g/mol. The van der Waals surface area contributed by atoms with E-state index in [1.165, 1.54) is 25.7 Å². The molecule has 36 heavy (non-hydrogen) atoms. The van der Waals surface area contributed by atoms with Crippen LogP contribution in [0.4, 0.5) is 10.3 Å². The highest BCUT2D eigenvalue weighted by Crippen LogP contribution is 2.37. The molecule has 1 aliphatic rings. The second-order valence-electron chi connectivity index (χ2n) is 8.06. The molecule has 0 spiro atoms. The number of nitrogens with one attached hydrogen (secondary N) is 1. The number of halogens is 1. The normalized spacial score (nSPS) is 17.9. The number of para-hydroxylation sites is 1. The summed E-state index contributed by atoms with van der Waals surface area (Å²) in [4.78, 5) is 7.84. The molecule has 3 heterocycles. The standard InChI is InChI=1S/C22H27FN6O6S/c1-13(20-24-10-15(23)11-25-20)14(2)36(30,31)28-22-27-26-21(18-12-34-8-9-35-18)29(22)19-16(32-3)6-5-7-17(19)33-4/h5-7,10-11,13-14,18H,8-9,12H2,1-4H3,(H,27,28)/t13?,14?,18-/m0/s1. The largest absolute Gasteiger partial charge is 0.494 e. The van der Waals surface area contributed by atoms with E-state index in [2.05, 4.69) is 24.9 Å². The summed E-state index contributed by atoms with van der Waals surface area (Å²) in [5.74, 6) is -0.0773. The van der Waals surface area contributed by atoms with Crippen molar-refractivity contribution < 1.29 is 31.8 Å². The molecular weight excluding hydrogens is 495 g/mol. The van der Waals surface area contributed by atoms with Crippen LogP contribution in [0.15, 0.2) is 30.6 Å². The minimum Gasteiger partial charge on any atom is -0.494 e. The minimum atomic E-state index is -4.06. The Morgan fingerprint density at radius 2 is 1.78 bits per heavy atom. The Labute approximate surface area is 207 Å². The van der Waals surface area contributed by atoms with E-state index in [-0.39, 0.29) is 18.4 Å². The third kappa shape index (κ3) is 5.10. The second kappa shape index (κ2) is 10.7. The van der Waals surface area contributed by atoms with Crippen LogP contribution in [-0.2, 0) is 19.5 Å². The summed E-state index contributed by atoms with van der Waals surface area (Å²) in [6.07, 6.45) is 1.38. The second-order valence-corrected chi connectivity index (χ2v) is 10.1. The molecule has 3 atom stereocenters. The van der Waals surface area contributed by atoms with Crippen molar-refractivity contribution in [3.8, 4) is 17.2 Å². The van der Waals surface area contributed by atoms with Crippen LogP contribution >= 0.6 is 0 Å². The van der Waals surface area contributed by atoms with E-state index in [4.69, 9.17) is 18.9 Å². The summed E-state index contributed by atoms with van der Waals surface area (Å²) < 4.78 is 66.5. The van der Waals surface area contributed by atoms with Gasteiger partial charge in [0.25, 0.3) is 0 Å². The Balaban J connectivity index is 1.77. The van der Waals surface area contributed by atoms with E-state index in [1.807, 2.05) is 0 Å². The fourth-order valence-electron chi connectivity index (χ4n) is 3.74. The molecule has 3 aromatic rings. The molecule has 0 amide bonds. The van der Waals surface area contributed by atoms with Gasteiger partial charge in [-0.2, -0.15) is 0 Å². The number of ether oxygens (including phenoxy) is 4. The Bertz CT molecular complexity index is 1270. The summed E-state index contributed by atoms with van der Waals surface area (Å²) in [6.45, 7) is 4.13. The van der Waals surface area contributed by atoms with Gasteiger partial charge < -0.3 is 18.9 Å². The number of sulfonamides is 1. The third-order valence-corrected chi connectivity index (χ3v) is 7.75. The lowest BCUT2D eigenvalue weighted by atomic mass is 10.1. The predicted molar refractivity (Wildman–Crippen MR) is 126 cm³/mol. The van der Waals surface area contributed by atoms with Gasteiger partial charge in [0.05, 0.1) is 51.7 Å². The van der Waals surface area contributed by atoms with Gasteiger partial charge in [-0.1, -0.05) is 13.0 Å². The van der Waals surface area contributed by atoms with Crippen molar-refractivity contribution in [2.24, 2.45) is 0 Å². The maximum absolute atomic E-state index is 13.4. The number of benzene rings is 1. The lowest BCUT2D eigenvalue weighted by Gasteiger charge is -2.25. The Hall–Kier alpha value is -3.36. The quantitative estimate of drug-likeness (QED) is 0.445. The molecule has 1 N–H and O–H groups in total. The fourth-order valence-corrected chi connectivity index (χ4v) is 4.97. The zero-order valence-corrected chi connectivity index (χ0v) is 21.0. The summed E-state index contributed by atoms with van der Waals surface area (Å²) in [5.41, 5.74) is 0.386. The van der Waals surface area contributed by atoms with E-state index in [9.17, 15) is 12.8 Å². The minimum absolute atomic E-state index is 0.0963. The highest BCUT2D eigenvalue weighted by atomic mass is 32.2. The molecule has 14 heteroatoms. The van der Waals surface area contributed by atoms with Crippen LogP contribution in [0.5, 0.6) is 11.5 Å². The van der Waals surface area contributed by atoms with Crippen molar-refractivity contribution in [3.63, 3.8) is 0 Å². The zero-order valence-electron chi connectivity index (χ0n) is 20.2. The number of aromatic nitrogens is 5. The van der Waals surface area contributed by atoms with Crippen LogP contribution in [0, 0.1) is 5.82 Å². The SMILES string of the molecule is COc1cccc(OC)c1-n1c(NS(=O)(=O)C(C)C(C)c2ncc(F)cn2)nnc1[C@@H]1COCCO1. The van der Waals surface area contributed by atoms with E-state index >= 15 is 0 Å². The molecule has 12 nitrogen and oxygen atoms in total. The summed E-state index contributed by atoms with van der Waals surface area (Å²) in [6, 6.07) is 5.14. The van der Waals surface area contributed by atoms with Crippen molar-refractivity contribution in [2.75, 3.05) is 38.8 Å². The van der Waals surface area contributed by atoms with Crippen molar-refractivity contribution in [2.45, 2.75) is 31.1 Å².